The van der Waals surface area contributed by atoms with E-state index in [9.17, 15) is 9.59 Å². The summed E-state index contributed by atoms with van der Waals surface area (Å²) in [6.45, 7) is 1.78. The summed E-state index contributed by atoms with van der Waals surface area (Å²) in [5.41, 5.74) is 0.794. The van der Waals surface area contributed by atoms with Crippen molar-refractivity contribution in [2.75, 3.05) is 0 Å². The summed E-state index contributed by atoms with van der Waals surface area (Å²) in [6, 6.07) is 1.55. The van der Waals surface area contributed by atoms with Crippen molar-refractivity contribution in [3.05, 3.63) is 23.8 Å². The molecule has 1 heterocycles. The molecular formula is C11H15N3O3. The number of carbonyl (C=O) groups is 2. The average molecular weight is 237 g/mol. The maximum Gasteiger partial charge on any atom is 0.303 e. The summed E-state index contributed by atoms with van der Waals surface area (Å²) in [5.74, 6) is -0.216. The van der Waals surface area contributed by atoms with Gasteiger partial charge in [0.25, 0.3) is 0 Å². The molecule has 1 aromatic heterocycles. The smallest absolute Gasteiger partial charge is 0.303 e. The maximum atomic E-state index is 10.5. The molecule has 1 unspecified atom stereocenters. The SMILES string of the molecule is Cc1nccc(CC(CCC(=O)O)NC=O)n1. The lowest BCUT2D eigenvalue weighted by Gasteiger charge is -2.14. The van der Waals surface area contributed by atoms with Gasteiger partial charge in [0.2, 0.25) is 6.41 Å². The standard InChI is InChI=1S/C11H15N3O3/c1-8-12-5-4-10(14-8)6-9(13-7-15)2-3-11(16)17/h4-5,7,9H,2-3,6H2,1H3,(H,13,15)(H,16,17). The first-order valence-corrected chi connectivity index (χ1v) is 5.32. The fourth-order valence-corrected chi connectivity index (χ4v) is 1.51. The number of nitrogens with zero attached hydrogens (tertiary/aromatic N) is 2. The number of aryl methyl sites for hydroxylation is 1. The van der Waals surface area contributed by atoms with E-state index in [0.717, 1.165) is 5.69 Å². The van der Waals surface area contributed by atoms with Crippen LogP contribution in [0, 0.1) is 6.92 Å². The lowest BCUT2D eigenvalue weighted by molar-refractivity contribution is -0.137. The number of carboxylic acid groups (broad SMARTS) is 1. The van der Waals surface area contributed by atoms with E-state index in [0.29, 0.717) is 25.1 Å². The molecule has 0 saturated carbocycles. The Morgan fingerprint density at radius 1 is 1.65 bits per heavy atom. The number of amides is 1. The number of rotatable bonds is 7. The molecular weight excluding hydrogens is 222 g/mol. The lowest BCUT2D eigenvalue weighted by Crippen LogP contribution is -2.31. The zero-order chi connectivity index (χ0) is 12.7. The number of aliphatic carboxylic acids is 1. The van der Waals surface area contributed by atoms with Crippen molar-refractivity contribution >= 4 is 12.4 Å². The van der Waals surface area contributed by atoms with Crippen LogP contribution in [-0.2, 0) is 16.0 Å². The van der Waals surface area contributed by atoms with Gasteiger partial charge in [-0.3, -0.25) is 9.59 Å². The Balaban J connectivity index is 2.59. The molecule has 6 heteroatoms. The molecule has 1 aromatic rings. The highest BCUT2D eigenvalue weighted by atomic mass is 16.4. The fraction of sp³-hybridized carbons (Fsp3) is 0.455. The van der Waals surface area contributed by atoms with Gasteiger partial charge in [0, 0.05) is 30.8 Å². The minimum Gasteiger partial charge on any atom is -0.481 e. The van der Waals surface area contributed by atoms with Crippen LogP contribution in [-0.4, -0.2) is 33.5 Å². The van der Waals surface area contributed by atoms with Crippen LogP contribution in [0.2, 0.25) is 0 Å². The molecule has 0 aliphatic heterocycles. The van der Waals surface area contributed by atoms with Crippen molar-refractivity contribution in [3.63, 3.8) is 0 Å². The zero-order valence-corrected chi connectivity index (χ0v) is 9.59. The average Bonchev–Trinajstić information content (AvgIpc) is 2.26. The molecule has 1 atom stereocenters. The molecule has 92 valence electrons. The van der Waals surface area contributed by atoms with Crippen LogP contribution >= 0.6 is 0 Å². The largest absolute Gasteiger partial charge is 0.481 e. The van der Waals surface area contributed by atoms with E-state index in [1.165, 1.54) is 0 Å². The Bertz CT molecular complexity index is 395. The molecule has 0 spiro atoms. The van der Waals surface area contributed by atoms with E-state index in [2.05, 4.69) is 15.3 Å². The lowest BCUT2D eigenvalue weighted by atomic mass is 10.1. The molecule has 0 bridgehead atoms. The maximum absolute atomic E-state index is 10.5. The van der Waals surface area contributed by atoms with Crippen LogP contribution in [0.15, 0.2) is 12.3 Å². The first kappa shape index (κ1) is 13.1. The second-order valence-electron chi connectivity index (χ2n) is 3.71. The van der Waals surface area contributed by atoms with Gasteiger partial charge in [-0.05, 0) is 19.4 Å². The van der Waals surface area contributed by atoms with Crippen molar-refractivity contribution in [2.24, 2.45) is 0 Å². The second kappa shape index (κ2) is 6.57. The molecule has 17 heavy (non-hydrogen) atoms. The van der Waals surface area contributed by atoms with Crippen LogP contribution < -0.4 is 5.32 Å². The van der Waals surface area contributed by atoms with Crippen LogP contribution in [0.3, 0.4) is 0 Å². The third kappa shape index (κ3) is 5.05. The van der Waals surface area contributed by atoms with Crippen molar-refractivity contribution in [3.8, 4) is 0 Å². The van der Waals surface area contributed by atoms with E-state index in [1.54, 1.807) is 19.2 Å². The monoisotopic (exact) mass is 237 g/mol. The van der Waals surface area contributed by atoms with Gasteiger partial charge in [0.15, 0.2) is 0 Å². The van der Waals surface area contributed by atoms with E-state index in [1.807, 2.05) is 0 Å². The fourth-order valence-electron chi connectivity index (χ4n) is 1.51. The quantitative estimate of drug-likeness (QED) is 0.666. The minimum atomic E-state index is -0.874. The van der Waals surface area contributed by atoms with Crippen LogP contribution in [0.1, 0.15) is 24.4 Å². The Hall–Kier alpha value is -1.98. The number of aromatic nitrogens is 2. The summed E-state index contributed by atoms with van der Waals surface area (Å²) < 4.78 is 0. The zero-order valence-electron chi connectivity index (χ0n) is 9.59. The number of hydrogen-bond donors (Lipinski definition) is 2. The van der Waals surface area contributed by atoms with E-state index >= 15 is 0 Å². The molecule has 2 N–H and O–H groups in total. The van der Waals surface area contributed by atoms with Crippen molar-refractivity contribution in [1.82, 2.24) is 15.3 Å². The first-order chi connectivity index (χ1) is 8.11. The number of nitrogens with one attached hydrogen (secondary N) is 1. The summed E-state index contributed by atoms with van der Waals surface area (Å²) in [7, 11) is 0. The third-order valence-electron chi connectivity index (χ3n) is 2.30. The molecule has 0 saturated heterocycles. The Kier molecular flexibility index (Phi) is 5.06. The molecule has 6 nitrogen and oxygen atoms in total. The molecule has 0 aliphatic rings. The highest BCUT2D eigenvalue weighted by molar-refractivity contribution is 5.66. The van der Waals surface area contributed by atoms with E-state index in [-0.39, 0.29) is 12.5 Å². The minimum absolute atomic E-state index is 0.0234. The van der Waals surface area contributed by atoms with Crippen LogP contribution in [0.4, 0.5) is 0 Å². The van der Waals surface area contributed by atoms with Crippen LogP contribution in [0.5, 0.6) is 0 Å². The third-order valence-corrected chi connectivity index (χ3v) is 2.30. The second-order valence-corrected chi connectivity index (χ2v) is 3.71. The summed E-state index contributed by atoms with van der Waals surface area (Å²) in [6.07, 6.45) is 3.15. The normalized spacial score (nSPS) is 11.8. The first-order valence-electron chi connectivity index (χ1n) is 5.32. The van der Waals surface area contributed by atoms with Crippen LogP contribution in [0.25, 0.3) is 0 Å². The topological polar surface area (TPSA) is 92.2 Å². The van der Waals surface area contributed by atoms with Crippen molar-refractivity contribution in [2.45, 2.75) is 32.2 Å². The van der Waals surface area contributed by atoms with Gasteiger partial charge in [-0.15, -0.1) is 0 Å². The molecule has 0 aliphatic carbocycles. The molecule has 1 amide bonds. The van der Waals surface area contributed by atoms with E-state index in [4.69, 9.17) is 5.11 Å². The summed E-state index contributed by atoms with van der Waals surface area (Å²) in [5, 5.41) is 11.2. The Morgan fingerprint density at radius 2 is 2.41 bits per heavy atom. The predicted octanol–water partition coefficient (Wildman–Crippen LogP) is 0.307. The van der Waals surface area contributed by atoms with Gasteiger partial charge < -0.3 is 10.4 Å². The molecule has 1 rings (SSSR count). The predicted molar refractivity (Wildman–Crippen MR) is 60.3 cm³/mol. The van der Waals surface area contributed by atoms with Gasteiger partial charge in [0.1, 0.15) is 5.82 Å². The Morgan fingerprint density at radius 3 is 3.00 bits per heavy atom. The van der Waals surface area contributed by atoms with Gasteiger partial charge in [-0.2, -0.15) is 0 Å². The Labute approximate surface area is 99.1 Å². The highest BCUT2D eigenvalue weighted by Gasteiger charge is 2.11. The van der Waals surface area contributed by atoms with Crippen molar-refractivity contribution < 1.29 is 14.7 Å². The summed E-state index contributed by atoms with van der Waals surface area (Å²) >= 11 is 0. The van der Waals surface area contributed by atoms with Crippen molar-refractivity contribution in [1.29, 1.82) is 0 Å². The van der Waals surface area contributed by atoms with Gasteiger partial charge in [0.05, 0.1) is 0 Å². The van der Waals surface area contributed by atoms with Gasteiger partial charge in [-0.1, -0.05) is 0 Å². The number of carboxylic acids is 1. The van der Waals surface area contributed by atoms with Gasteiger partial charge >= 0.3 is 5.97 Å². The molecule has 0 radical (unpaired) electrons. The number of carbonyl (C=O) groups excluding carboxylic acids is 1. The van der Waals surface area contributed by atoms with E-state index < -0.39 is 5.97 Å². The number of hydrogen-bond acceptors (Lipinski definition) is 4. The van der Waals surface area contributed by atoms with Gasteiger partial charge in [-0.25, -0.2) is 9.97 Å². The molecule has 0 fully saturated rings. The molecule has 0 aromatic carbocycles. The highest BCUT2D eigenvalue weighted by Crippen LogP contribution is 2.05. The summed E-state index contributed by atoms with van der Waals surface area (Å²) in [4.78, 5) is 29.1.